The van der Waals surface area contributed by atoms with E-state index >= 15 is 0 Å². The molecule has 0 spiro atoms. The molecule has 0 saturated heterocycles. The summed E-state index contributed by atoms with van der Waals surface area (Å²) in [5.74, 6) is 1.06. The van der Waals surface area contributed by atoms with Crippen molar-refractivity contribution in [3.8, 4) is 0 Å². The van der Waals surface area contributed by atoms with Crippen LogP contribution >= 0.6 is 0 Å². The minimum Gasteiger partial charge on any atom is -0.374 e. The van der Waals surface area contributed by atoms with Gasteiger partial charge >= 0.3 is 0 Å². The molecule has 0 aliphatic carbocycles. The van der Waals surface area contributed by atoms with Crippen LogP contribution in [0.15, 0.2) is 54.6 Å². The van der Waals surface area contributed by atoms with Gasteiger partial charge in [0.05, 0.1) is 5.60 Å². The van der Waals surface area contributed by atoms with Crippen molar-refractivity contribution in [3.05, 3.63) is 71.3 Å². The molecule has 0 amide bonds. The molecule has 0 aromatic heterocycles. The normalized spacial score (nSPS) is 14.7. The third-order valence-corrected chi connectivity index (χ3v) is 8.81. The molecule has 0 saturated carbocycles. The molecule has 2 aromatic carbocycles. The fourth-order valence-corrected chi connectivity index (χ4v) is 4.87. The van der Waals surface area contributed by atoms with E-state index in [0.717, 1.165) is 6.42 Å². The first kappa shape index (κ1) is 25.7. The predicted molar refractivity (Wildman–Crippen MR) is 136 cm³/mol. The van der Waals surface area contributed by atoms with Crippen molar-refractivity contribution in [3.63, 3.8) is 0 Å². The number of ether oxygens (including phenoxy) is 1. The van der Waals surface area contributed by atoms with Crippen LogP contribution in [-0.2, 0) is 15.8 Å². The van der Waals surface area contributed by atoms with Crippen LogP contribution in [0.2, 0.25) is 0 Å². The molecule has 31 heavy (non-hydrogen) atoms. The lowest BCUT2D eigenvalue weighted by Crippen LogP contribution is -2.48. The highest BCUT2D eigenvalue weighted by molar-refractivity contribution is 5.31. The molecule has 2 aromatic rings. The highest BCUT2D eigenvalue weighted by atomic mass is 16.5. The third-order valence-electron chi connectivity index (χ3n) is 8.81. The maximum Gasteiger partial charge on any atom is 0.0871 e. The number of methoxy groups -OCH3 is 1. The Morgan fingerprint density at radius 1 is 0.742 bits per heavy atom. The Kier molecular flexibility index (Phi) is 7.53. The summed E-state index contributed by atoms with van der Waals surface area (Å²) in [6.45, 7) is 23.7. The second kappa shape index (κ2) is 9.10. The zero-order valence-corrected chi connectivity index (χ0v) is 22.0. The first-order valence-electron chi connectivity index (χ1n) is 11.9. The van der Waals surface area contributed by atoms with Crippen molar-refractivity contribution in [1.29, 1.82) is 0 Å². The Morgan fingerprint density at radius 3 is 1.81 bits per heavy atom. The summed E-state index contributed by atoms with van der Waals surface area (Å²) in [4.78, 5) is 0. The van der Waals surface area contributed by atoms with E-state index < -0.39 is 0 Å². The molecule has 0 bridgehead atoms. The maximum atomic E-state index is 5.77. The lowest BCUT2D eigenvalue weighted by molar-refractivity contribution is 0.0129. The zero-order chi connectivity index (χ0) is 23.7. The van der Waals surface area contributed by atoms with E-state index in [-0.39, 0.29) is 21.8 Å². The first-order chi connectivity index (χ1) is 14.2. The first-order valence-corrected chi connectivity index (χ1v) is 11.9. The van der Waals surface area contributed by atoms with Gasteiger partial charge < -0.3 is 4.74 Å². The van der Waals surface area contributed by atoms with E-state index in [9.17, 15) is 0 Å². The molecule has 0 aliphatic heterocycles. The zero-order valence-electron chi connectivity index (χ0n) is 22.0. The van der Waals surface area contributed by atoms with Crippen LogP contribution in [0.1, 0.15) is 98.3 Å². The van der Waals surface area contributed by atoms with Crippen molar-refractivity contribution in [1.82, 2.24) is 0 Å². The second-order valence-corrected chi connectivity index (χ2v) is 11.9. The highest BCUT2D eigenvalue weighted by Gasteiger charge is 2.49. The minimum atomic E-state index is -0.276. The van der Waals surface area contributed by atoms with E-state index in [2.05, 4.69) is 124 Å². The molecule has 0 fully saturated rings. The molecule has 2 rings (SSSR count). The van der Waals surface area contributed by atoms with Crippen LogP contribution in [-0.4, -0.2) is 7.11 Å². The smallest absolute Gasteiger partial charge is 0.0871 e. The van der Waals surface area contributed by atoms with Crippen LogP contribution in [0.3, 0.4) is 0 Å². The summed E-state index contributed by atoms with van der Waals surface area (Å²) < 4.78 is 5.77. The van der Waals surface area contributed by atoms with Crippen molar-refractivity contribution < 1.29 is 4.74 Å². The molecule has 1 unspecified atom stereocenters. The Balaban J connectivity index is 2.43. The van der Waals surface area contributed by atoms with E-state index in [1.165, 1.54) is 16.7 Å². The topological polar surface area (TPSA) is 9.23 Å². The van der Waals surface area contributed by atoms with Crippen LogP contribution in [0, 0.1) is 16.7 Å². The van der Waals surface area contributed by atoms with Gasteiger partial charge in [-0.2, -0.15) is 0 Å². The number of rotatable bonds is 9. The van der Waals surface area contributed by atoms with E-state index in [1.807, 2.05) is 0 Å². The van der Waals surface area contributed by atoms with Gasteiger partial charge in [0.2, 0.25) is 0 Å². The fourth-order valence-electron chi connectivity index (χ4n) is 4.87. The van der Waals surface area contributed by atoms with Gasteiger partial charge in [0.15, 0.2) is 0 Å². The van der Waals surface area contributed by atoms with E-state index in [1.54, 1.807) is 7.11 Å². The van der Waals surface area contributed by atoms with Gasteiger partial charge in [-0.05, 0) is 65.0 Å². The molecule has 0 aliphatic rings. The Hall–Kier alpha value is -1.60. The molecule has 1 nitrogen and oxygen atoms in total. The summed E-state index contributed by atoms with van der Waals surface area (Å²) in [5.41, 5.74) is 4.10. The Labute approximate surface area is 192 Å². The van der Waals surface area contributed by atoms with Gasteiger partial charge in [-0.1, -0.05) is 110 Å². The van der Waals surface area contributed by atoms with Gasteiger partial charge in [0.1, 0.15) is 0 Å². The summed E-state index contributed by atoms with van der Waals surface area (Å²) in [6.07, 6.45) is 1.14. The lowest BCUT2D eigenvalue weighted by Gasteiger charge is -2.54. The van der Waals surface area contributed by atoms with Gasteiger partial charge in [-0.15, -0.1) is 0 Å². The van der Waals surface area contributed by atoms with Crippen molar-refractivity contribution >= 4 is 0 Å². The summed E-state index contributed by atoms with van der Waals surface area (Å²) >= 11 is 0. The van der Waals surface area contributed by atoms with Crippen LogP contribution in [0.5, 0.6) is 0 Å². The number of hydrogen-bond acceptors (Lipinski definition) is 1. The van der Waals surface area contributed by atoms with Crippen molar-refractivity contribution in [2.45, 2.75) is 92.6 Å². The molecular formula is C30H46O. The molecule has 1 atom stereocenters. The van der Waals surface area contributed by atoms with Gasteiger partial charge in [0, 0.05) is 7.11 Å². The van der Waals surface area contributed by atoms with Crippen LogP contribution in [0.4, 0.5) is 0 Å². The SMILES string of the molecule is COC(C)(C)c1cccc(C(CC(C)(C)C(C)(C)C(C)(C)c2ccccc2)C(C)C)c1. The van der Waals surface area contributed by atoms with Gasteiger partial charge in [-0.3, -0.25) is 0 Å². The average Bonchev–Trinajstić information content (AvgIpc) is 2.72. The Bertz CT molecular complexity index is 840. The van der Waals surface area contributed by atoms with Gasteiger partial charge in [-0.25, -0.2) is 0 Å². The Morgan fingerprint density at radius 2 is 1.29 bits per heavy atom. The summed E-state index contributed by atoms with van der Waals surface area (Å²) in [5, 5.41) is 0. The van der Waals surface area contributed by atoms with E-state index in [0.29, 0.717) is 11.8 Å². The quantitative estimate of drug-likeness (QED) is 0.392. The molecule has 0 radical (unpaired) electrons. The third kappa shape index (κ3) is 5.08. The molecule has 172 valence electrons. The second-order valence-electron chi connectivity index (χ2n) is 11.9. The summed E-state index contributed by atoms with van der Waals surface area (Å²) in [7, 11) is 1.80. The van der Waals surface area contributed by atoms with Crippen molar-refractivity contribution in [2.75, 3.05) is 7.11 Å². The van der Waals surface area contributed by atoms with E-state index in [4.69, 9.17) is 4.74 Å². The number of benzene rings is 2. The monoisotopic (exact) mass is 422 g/mol. The standard InChI is InChI=1S/C30H46O/c1-22(2)26(23-16-15-19-25(20-23)29(7,8)31-11)21-27(3,4)30(9,10)28(5,6)24-17-13-12-14-18-24/h12-20,22,26H,21H2,1-11H3. The van der Waals surface area contributed by atoms with Crippen LogP contribution in [0.25, 0.3) is 0 Å². The fraction of sp³-hybridized carbons (Fsp3) is 0.600. The molecular weight excluding hydrogens is 376 g/mol. The van der Waals surface area contributed by atoms with Crippen LogP contribution < -0.4 is 0 Å². The average molecular weight is 423 g/mol. The predicted octanol–water partition coefficient (Wildman–Crippen LogP) is 8.73. The minimum absolute atomic E-state index is 0.0547. The van der Waals surface area contributed by atoms with Gasteiger partial charge in [0.25, 0.3) is 0 Å². The molecule has 0 heterocycles. The summed E-state index contributed by atoms with van der Waals surface area (Å²) in [6, 6.07) is 20.1. The lowest BCUT2D eigenvalue weighted by atomic mass is 9.50. The number of hydrogen-bond donors (Lipinski definition) is 0. The maximum absolute atomic E-state index is 5.77. The highest BCUT2D eigenvalue weighted by Crippen LogP contribution is 2.56. The molecule has 1 heteroatoms. The largest absolute Gasteiger partial charge is 0.374 e. The van der Waals surface area contributed by atoms with Crippen molar-refractivity contribution in [2.24, 2.45) is 16.7 Å². The molecule has 0 N–H and O–H groups in total.